The Morgan fingerprint density at radius 2 is 1.96 bits per heavy atom. The van der Waals surface area contributed by atoms with Crippen molar-refractivity contribution >= 4 is 41.2 Å². The van der Waals surface area contributed by atoms with Crippen LogP contribution in [0.2, 0.25) is 0 Å². The number of imide groups is 1. The monoisotopic (exact) mass is 369 g/mol. The van der Waals surface area contributed by atoms with E-state index in [2.05, 4.69) is 0 Å². The fraction of sp³-hybridized carbons (Fsp3) is 0.438. The minimum Gasteiger partial charge on any atom is -0.339 e. The summed E-state index contributed by atoms with van der Waals surface area (Å²) in [6.45, 7) is 1.56. The van der Waals surface area contributed by atoms with E-state index in [-0.39, 0.29) is 47.8 Å². The lowest BCUT2D eigenvalue weighted by Crippen LogP contribution is -2.42. The molecule has 3 amide bonds. The van der Waals surface area contributed by atoms with Crippen LogP contribution < -0.4 is 5.73 Å². The number of halogens is 1. The number of carbonyl (C=O) groups is 3. The topological polar surface area (TPSA) is 83.7 Å². The number of rotatable bonds is 3. The Kier molecular flexibility index (Phi) is 6.26. The van der Waals surface area contributed by atoms with Gasteiger partial charge in [-0.2, -0.15) is 0 Å². The van der Waals surface area contributed by atoms with Crippen molar-refractivity contribution in [2.24, 2.45) is 5.73 Å². The van der Waals surface area contributed by atoms with E-state index in [1.54, 1.807) is 18.2 Å². The molecule has 2 fully saturated rings. The number of hydrogen-bond donors (Lipinski definition) is 1. The van der Waals surface area contributed by atoms with Crippen LogP contribution in [0.3, 0.4) is 0 Å². The zero-order valence-electron chi connectivity index (χ0n) is 13.1. The molecule has 24 heavy (non-hydrogen) atoms. The van der Waals surface area contributed by atoms with Crippen LogP contribution >= 0.6 is 24.2 Å². The number of likely N-dealkylation sites (tertiary alicyclic amines) is 1. The number of nitrogens with zero attached hydrogens (tertiary/aromatic N) is 2. The predicted molar refractivity (Wildman–Crippen MR) is 95.2 cm³/mol. The molecule has 2 aliphatic heterocycles. The van der Waals surface area contributed by atoms with Crippen LogP contribution in [0, 0.1) is 0 Å². The fourth-order valence-corrected chi connectivity index (χ4v) is 3.53. The molecule has 2 N–H and O–H groups in total. The maximum atomic E-state index is 12.6. The van der Waals surface area contributed by atoms with E-state index in [1.807, 2.05) is 11.0 Å². The van der Waals surface area contributed by atoms with Crippen LogP contribution in [0.25, 0.3) is 0 Å². The molecule has 1 aromatic carbocycles. The third kappa shape index (κ3) is 4.09. The van der Waals surface area contributed by atoms with Gasteiger partial charge in [-0.15, -0.1) is 12.4 Å². The maximum Gasteiger partial charge on any atom is 0.289 e. The molecule has 0 aliphatic carbocycles. The molecule has 2 saturated heterocycles. The maximum absolute atomic E-state index is 12.6. The van der Waals surface area contributed by atoms with Gasteiger partial charge in [0.2, 0.25) is 5.91 Å². The van der Waals surface area contributed by atoms with Crippen molar-refractivity contribution in [3.05, 3.63) is 35.4 Å². The lowest BCUT2D eigenvalue weighted by atomic mass is 10.0. The molecule has 130 valence electrons. The van der Waals surface area contributed by atoms with Crippen molar-refractivity contribution in [2.45, 2.75) is 25.4 Å². The highest BCUT2D eigenvalue weighted by Gasteiger charge is 2.30. The summed E-state index contributed by atoms with van der Waals surface area (Å²) in [6.07, 6.45) is 1.64. The molecule has 2 aliphatic rings. The lowest BCUT2D eigenvalue weighted by molar-refractivity contribution is -0.125. The number of piperidine rings is 1. The van der Waals surface area contributed by atoms with E-state index in [0.29, 0.717) is 18.7 Å². The van der Waals surface area contributed by atoms with Crippen LogP contribution in [0.5, 0.6) is 0 Å². The number of hydrogen-bond acceptors (Lipinski definition) is 5. The van der Waals surface area contributed by atoms with E-state index in [0.717, 1.165) is 30.2 Å². The molecule has 0 saturated carbocycles. The summed E-state index contributed by atoms with van der Waals surface area (Å²) in [4.78, 5) is 38.9. The SMILES string of the molecule is Cl.NC1CCN(C(=O)c2cccc(CN3C(=O)CSC3=O)c2)CC1. The van der Waals surface area contributed by atoms with Gasteiger partial charge < -0.3 is 10.6 Å². The Morgan fingerprint density at radius 1 is 1.25 bits per heavy atom. The molecule has 3 rings (SSSR count). The number of benzene rings is 1. The van der Waals surface area contributed by atoms with E-state index in [1.165, 1.54) is 4.90 Å². The molecule has 0 spiro atoms. The molecule has 0 atom stereocenters. The second kappa shape index (κ2) is 8.00. The number of nitrogens with two attached hydrogens (primary N) is 1. The average molecular weight is 370 g/mol. The van der Waals surface area contributed by atoms with Crippen molar-refractivity contribution in [1.82, 2.24) is 9.80 Å². The highest BCUT2D eigenvalue weighted by atomic mass is 35.5. The Balaban J connectivity index is 0.00000208. The van der Waals surface area contributed by atoms with Crippen molar-refractivity contribution in [2.75, 3.05) is 18.8 Å². The largest absolute Gasteiger partial charge is 0.339 e. The number of thioether (sulfide) groups is 1. The predicted octanol–water partition coefficient (Wildman–Crippen LogP) is 1.87. The molecule has 6 nitrogen and oxygen atoms in total. The summed E-state index contributed by atoms with van der Waals surface area (Å²) in [6, 6.07) is 7.32. The smallest absolute Gasteiger partial charge is 0.289 e. The van der Waals surface area contributed by atoms with Gasteiger partial charge in [0, 0.05) is 24.7 Å². The Morgan fingerprint density at radius 3 is 2.58 bits per heavy atom. The molecule has 0 radical (unpaired) electrons. The van der Waals surface area contributed by atoms with Crippen LogP contribution in [0.4, 0.5) is 4.79 Å². The average Bonchev–Trinajstić information content (AvgIpc) is 2.87. The van der Waals surface area contributed by atoms with Crippen LogP contribution in [0.1, 0.15) is 28.8 Å². The standard InChI is InChI=1S/C16H19N3O3S.ClH/c17-13-4-6-18(7-5-13)15(21)12-3-1-2-11(8-12)9-19-14(20)10-23-16(19)22;/h1-3,8,13H,4-7,9-10,17H2;1H. The summed E-state index contributed by atoms with van der Waals surface area (Å²) < 4.78 is 0. The van der Waals surface area contributed by atoms with Gasteiger partial charge in [0.05, 0.1) is 12.3 Å². The third-order valence-electron chi connectivity index (χ3n) is 4.18. The first-order valence-corrected chi connectivity index (χ1v) is 8.64. The minimum absolute atomic E-state index is 0. The van der Waals surface area contributed by atoms with Crippen molar-refractivity contribution < 1.29 is 14.4 Å². The Labute approximate surface area is 151 Å². The van der Waals surface area contributed by atoms with Crippen LogP contribution in [-0.2, 0) is 11.3 Å². The van der Waals surface area contributed by atoms with E-state index in [9.17, 15) is 14.4 Å². The summed E-state index contributed by atoms with van der Waals surface area (Å²) in [5.41, 5.74) is 7.24. The second-order valence-electron chi connectivity index (χ2n) is 5.86. The summed E-state index contributed by atoms with van der Waals surface area (Å²) in [7, 11) is 0. The van der Waals surface area contributed by atoms with E-state index in [4.69, 9.17) is 5.73 Å². The first-order valence-electron chi connectivity index (χ1n) is 7.65. The van der Waals surface area contributed by atoms with Crippen LogP contribution in [-0.4, -0.2) is 51.7 Å². The van der Waals surface area contributed by atoms with Crippen molar-refractivity contribution in [3.8, 4) is 0 Å². The second-order valence-corrected chi connectivity index (χ2v) is 6.79. The normalized spacial score (nSPS) is 18.7. The van der Waals surface area contributed by atoms with Gasteiger partial charge in [0.15, 0.2) is 0 Å². The minimum atomic E-state index is -0.225. The number of carbonyl (C=O) groups excluding carboxylic acids is 3. The van der Waals surface area contributed by atoms with Gasteiger partial charge in [0.25, 0.3) is 11.1 Å². The van der Waals surface area contributed by atoms with Gasteiger partial charge in [0.1, 0.15) is 0 Å². The quantitative estimate of drug-likeness (QED) is 0.879. The highest BCUT2D eigenvalue weighted by Crippen LogP contribution is 2.22. The number of amides is 3. The fourth-order valence-electron chi connectivity index (χ4n) is 2.80. The zero-order valence-corrected chi connectivity index (χ0v) is 14.8. The first-order chi connectivity index (χ1) is 11.0. The molecule has 8 heteroatoms. The van der Waals surface area contributed by atoms with Gasteiger partial charge in [-0.05, 0) is 30.5 Å². The van der Waals surface area contributed by atoms with Gasteiger partial charge in [-0.1, -0.05) is 23.9 Å². The van der Waals surface area contributed by atoms with E-state index < -0.39 is 0 Å². The Hall–Kier alpha value is -1.57. The summed E-state index contributed by atoms with van der Waals surface area (Å²) in [5, 5.41) is -0.225. The van der Waals surface area contributed by atoms with Gasteiger partial charge in [-0.25, -0.2) is 0 Å². The summed E-state index contributed by atoms with van der Waals surface area (Å²) in [5.74, 6) is -0.000160. The molecular formula is C16H20ClN3O3S. The lowest BCUT2D eigenvalue weighted by Gasteiger charge is -2.30. The molecule has 1 aromatic rings. The van der Waals surface area contributed by atoms with Gasteiger partial charge >= 0.3 is 0 Å². The summed E-state index contributed by atoms with van der Waals surface area (Å²) >= 11 is 1.02. The highest BCUT2D eigenvalue weighted by molar-refractivity contribution is 8.14. The Bertz CT molecular complexity index is 631. The van der Waals surface area contributed by atoms with Crippen molar-refractivity contribution in [1.29, 1.82) is 0 Å². The third-order valence-corrected chi connectivity index (χ3v) is 5.04. The molecular weight excluding hydrogens is 350 g/mol. The molecule has 2 heterocycles. The molecule has 0 aromatic heterocycles. The van der Waals surface area contributed by atoms with Crippen molar-refractivity contribution in [3.63, 3.8) is 0 Å². The first kappa shape index (κ1) is 18.8. The molecule has 0 unspecified atom stereocenters. The van der Waals surface area contributed by atoms with E-state index >= 15 is 0 Å². The van der Waals surface area contributed by atoms with Gasteiger partial charge in [-0.3, -0.25) is 19.3 Å². The zero-order chi connectivity index (χ0) is 16.4. The molecule has 0 bridgehead atoms. The van der Waals surface area contributed by atoms with Crippen LogP contribution in [0.15, 0.2) is 24.3 Å².